The maximum atomic E-state index is 13.5. The van der Waals surface area contributed by atoms with Crippen molar-refractivity contribution in [3.63, 3.8) is 0 Å². The highest BCUT2D eigenvalue weighted by Crippen LogP contribution is 2.26. The Labute approximate surface area is 100 Å². The number of rotatable bonds is 4. The van der Waals surface area contributed by atoms with Crippen molar-refractivity contribution >= 4 is 0 Å². The van der Waals surface area contributed by atoms with Gasteiger partial charge in [-0.2, -0.15) is 13.2 Å². The van der Waals surface area contributed by atoms with Gasteiger partial charge in [-0.15, -0.1) is 0 Å². The van der Waals surface area contributed by atoms with E-state index in [0.717, 1.165) is 25.1 Å². The first-order chi connectivity index (χ1) is 8.19. The van der Waals surface area contributed by atoms with E-state index in [-0.39, 0.29) is 5.56 Å². The lowest BCUT2D eigenvalue weighted by molar-refractivity contribution is -0.129. The van der Waals surface area contributed by atoms with Crippen molar-refractivity contribution in [2.75, 3.05) is 13.2 Å². The average Bonchev–Trinajstić information content (AvgIpc) is 2.29. The van der Waals surface area contributed by atoms with E-state index in [1.165, 1.54) is 0 Å². The summed E-state index contributed by atoms with van der Waals surface area (Å²) >= 11 is 0. The first-order valence-electron chi connectivity index (χ1n) is 5.07. The molecule has 0 radical (unpaired) electrons. The fraction of sp³-hybridized carbons (Fsp3) is 0.455. The van der Waals surface area contributed by atoms with E-state index in [1.54, 1.807) is 0 Å². The summed E-state index contributed by atoms with van der Waals surface area (Å²) in [5, 5.41) is 11.1. The zero-order valence-electron chi connectivity index (χ0n) is 9.48. The molecule has 7 heteroatoms. The molecular weight excluding hydrogens is 257 g/mol. The smallest absolute Gasteiger partial charge is 0.394 e. The van der Waals surface area contributed by atoms with E-state index in [1.807, 2.05) is 5.32 Å². The van der Waals surface area contributed by atoms with Gasteiger partial charge in [0.2, 0.25) is 0 Å². The van der Waals surface area contributed by atoms with E-state index in [0.29, 0.717) is 0 Å². The quantitative estimate of drug-likeness (QED) is 0.822. The van der Waals surface area contributed by atoms with Crippen molar-refractivity contribution < 1.29 is 27.1 Å². The van der Waals surface area contributed by atoms with Crippen molar-refractivity contribution in [3.8, 4) is 0 Å². The molecule has 0 heterocycles. The molecule has 0 bridgehead atoms. The van der Waals surface area contributed by atoms with E-state index in [9.17, 15) is 22.0 Å². The summed E-state index contributed by atoms with van der Waals surface area (Å²) in [6.07, 6.45) is -4.51. The number of nitrogens with one attached hydrogen (secondary N) is 1. The predicted octanol–water partition coefficient (Wildman–Crippen LogP) is 2.32. The Kier molecular flexibility index (Phi) is 4.28. The first-order valence-corrected chi connectivity index (χ1v) is 5.07. The average molecular weight is 269 g/mol. The Balaban J connectivity index is 3.03. The van der Waals surface area contributed by atoms with Gasteiger partial charge in [-0.05, 0) is 13.0 Å². The van der Waals surface area contributed by atoms with Gasteiger partial charge in [-0.1, -0.05) is 12.1 Å². The fourth-order valence-corrected chi connectivity index (χ4v) is 1.46. The Hall–Kier alpha value is -1.21. The summed E-state index contributed by atoms with van der Waals surface area (Å²) in [7, 11) is 0. The van der Waals surface area contributed by atoms with Crippen LogP contribution in [-0.2, 0) is 5.54 Å². The van der Waals surface area contributed by atoms with Crippen LogP contribution in [-0.4, -0.2) is 24.4 Å². The van der Waals surface area contributed by atoms with Gasteiger partial charge in [0.1, 0.15) is 0 Å². The third-order valence-corrected chi connectivity index (χ3v) is 2.54. The topological polar surface area (TPSA) is 32.3 Å². The molecule has 1 aromatic carbocycles. The summed E-state index contributed by atoms with van der Waals surface area (Å²) in [6, 6.07) is 3.13. The number of hydrogen-bond donors (Lipinski definition) is 2. The van der Waals surface area contributed by atoms with Crippen LogP contribution >= 0.6 is 0 Å². The molecule has 0 saturated carbocycles. The summed E-state index contributed by atoms with van der Waals surface area (Å²) in [4.78, 5) is 0. The SMILES string of the molecule is CC(CO)(NCC(F)(F)F)c1cccc(F)c1F. The summed E-state index contributed by atoms with van der Waals surface area (Å²) < 4.78 is 62.8. The lowest BCUT2D eigenvalue weighted by Gasteiger charge is -2.30. The second kappa shape index (κ2) is 5.19. The van der Waals surface area contributed by atoms with Gasteiger partial charge in [0.05, 0.1) is 18.7 Å². The minimum Gasteiger partial charge on any atom is -0.394 e. The molecule has 1 rings (SSSR count). The third kappa shape index (κ3) is 3.39. The summed E-state index contributed by atoms with van der Waals surface area (Å²) in [6.45, 7) is -1.06. The van der Waals surface area contributed by atoms with Crippen LogP contribution < -0.4 is 5.32 Å². The first kappa shape index (κ1) is 14.8. The molecule has 1 unspecified atom stereocenters. The number of aliphatic hydroxyl groups is 1. The molecule has 0 aliphatic carbocycles. The molecule has 1 aromatic rings. The maximum Gasteiger partial charge on any atom is 0.401 e. The minimum absolute atomic E-state index is 0.353. The van der Waals surface area contributed by atoms with Gasteiger partial charge >= 0.3 is 6.18 Å². The third-order valence-electron chi connectivity index (χ3n) is 2.54. The molecule has 2 nitrogen and oxygen atoms in total. The van der Waals surface area contributed by atoms with Crippen molar-refractivity contribution in [3.05, 3.63) is 35.4 Å². The van der Waals surface area contributed by atoms with Crippen molar-refractivity contribution in [2.24, 2.45) is 0 Å². The minimum atomic E-state index is -4.51. The number of hydrogen-bond acceptors (Lipinski definition) is 2. The van der Waals surface area contributed by atoms with Crippen LogP contribution in [0, 0.1) is 11.6 Å². The van der Waals surface area contributed by atoms with E-state index < -0.39 is 36.5 Å². The monoisotopic (exact) mass is 269 g/mol. The van der Waals surface area contributed by atoms with Gasteiger partial charge in [0.15, 0.2) is 11.6 Å². The van der Waals surface area contributed by atoms with Crippen LogP contribution in [0.4, 0.5) is 22.0 Å². The normalized spacial score (nSPS) is 15.5. The van der Waals surface area contributed by atoms with E-state index in [4.69, 9.17) is 5.11 Å². The van der Waals surface area contributed by atoms with Crippen LogP contribution in [0.15, 0.2) is 18.2 Å². The molecule has 0 aromatic heterocycles. The van der Waals surface area contributed by atoms with E-state index >= 15 is 0 Å². The predicted molar refractivity (Wildman–Crippen MR) is 54.9 cm³/mol. The number of aliphatic hydroxyl groups excluding tert-OH is 1. The maximum absolute atomic E-state index is 13.5. The fourth-order valence-electron chi connectivity index (χ4n) is 1.46. The standard InChI is InChI=1S/C11H12F5NO/c1-10(6-18,17-5-11(14,15)16)7-3-2-4-8(12)9(7)13/h2-4,17-18H,5-6H2,1H3. The summed E-state index contributed by atoms with van der Waals surface area (Å²) in [5.74, 6) is -2.45. The van der Waals surface area contributed by atoms with Crippen molar-refractivity contribution in [1.82, 2.24) is 5.32 Å². The van der Waals surface area contributed by atoms with E-state index in [2.05, 4.69) is 0 Å². The largest absolute Gasteiger partial charge is 0.401 e. The van der Waals surface area contributed by atoms with Gasteiger partial charge < -0.3 is 5.11 Å². The number of alkyl halides is 3. The highest BCUT2D eigenvalue weighted by molar-refractivity contribution is 5.26. The van der Waals surface area contributed by atoms with Crippen LogP contribution in [0.2, 0.25) is 0 Å². The highest BCUT2D eigenvalue weighted by Gasteiger charge is 2.35. The molecule has 0 aliphatic heterocycles. The molecule has 0 saturated heterocycles. The van der Waals surface area contributed by atoms with Crippen molar-refractivity contribution in [2.45, 2.75) is 18.6 Å². The van der Waals surface area contributed by atoms with Crippen LogP contribution in [0.25, 0.3) is 0 Å². The van der Waals surface area contributed by atoms with Gasteiger partial charge in [0, 0.05) is 5.56 Å². The number of halogens is 5. The lowest BCUT2D eigenvalue weighted by Crippen LogP contribution is -2.47. The Bertz CT molecular complexity index is 420. The molecule has 102 valence electrons. The molecule has 0 aliphatic rings. The molecule has 0 fully saturated rings. The highest BCUT2D eigenvalue weighted by atomic mass is 19.4. The van der Waals surface area contributed by atoms with Gasteiger partial charge in [0.25, 0.3) is 0 Å². The molecular formula is C11H12F5NO. The zero-order chi connectivity index (χ0) is 14.0. The van der Waals surface area contributed by atoms with Crippen LogP contribution in [0.3, 0.4) is 0 Å². The Morgan fingerprint density at radius 1 is 1.22 bits per heavy atom. The van der Waals surface area contributed by atoms with Crippen LogP contribution in [0.1, 0.15) is 12.5 Å². The molecule has 0 spiro atoms. The van der Waals surface area contributed by atoms with Gasteiger partial charge in [-0.3, -0.25) is 5.32 Å². The molecule has 0 amide bonds. The molecule has 1 atom stereocenters. The molecule has 18 heavy (non-hydrogen) atoms. The van der Waals surface area contributed by atoms with Crippen molar-refractivity contribution in [1.29, 1.82) is 0 Å². The Morgan fingerprint density at radius 2 is 1.83 bits per heavy atom. The number of benzene rings is 1. The zero-order valence-corrected chi connectivity index (χ0v) is 9.48. The van der Waals surface area contributed by atoms with Crippen LogP contribution in [0.5, 0.6) is 0 Å². The van der Waals surface area contributed by atoms with Gasteiger partial charge in [-0.25, -0.2) is 8.78 Å². The summed E-state index contributed by atoms with van der Waals surface area (Å²) in [5.41, 5.74) is -2.06. The second-order valence-electron chi connectivity index (χ2n) is 4.06. The Morgan fingerprint density at radius 3 is 2.33 bits per heavy atom. The molecule has 2 N–H and O–H groups in total. The lowest BCUT2D eigenvalue weighted by atomic mass is 9.92. The second-order valence-corrected chi connectivity index (χ2v) is 4.06.